The molecule has 2 unspecified atom stereocenters. The van der Waals surface area contributed by atoms with Gasteiger partial charge in [-0.2, -0.15) is 0 Å². The second-order valence-corrected chi connectivity index (χ2v) is 15.4. The third-order valence-corrected chi connectivity index (χ3v) is 9.65. The van der Waals surface area contributed by atoms with Gasteiger partial charge >= 0.3 is 13.8 Å². The Morgan fingerprint density at radius 2 is 1.02 bits per heavy atom. The molecular weight excluding hydrogens is 701 g/mol. The van der Waals surface area contributed by atoms with E-state index in [-0.39, 0.29) is 32.1 Å². The Balaban J connectivity index is 3.66. The second-order valence-electron chi connectivity index (χ2n) is 14.0. The molecule has 0 rings (SSSR count). The van der Waals surface area contributed by atoms with Crippen molar-refractivity contribution in [2.45, 2.75) is 180 Å². The van der Waals surface area contributed by atoms with E-state index in [2.05, 4.69) is 79.9 Å². The topological polar surface area (TPSA) is 131 Å². The minimum Gasteiger partial charge on any atom is -0.463 e. The van der Waals surface area contributed by atoms with Gasteiger partial charge in [0, 0.05) is 19.4 Å². The van der Waals surface area contributed by atoms with Crippen LogP contribution in [-0.4, -0.2) is 54.3 Å². The molecule has 0 aromatic rings. The highest BCUT2D eigenvalue weighted by atomic mass is 31.2. The fourth-order valence-electron chi connectivity index (χ4n) is 5.40. The van der Waals surface area contributed by atoms with Gasteiger partial charge in [0.1, 0.15) is 12.7 Å². The van der Waals surface area contributed by atoms with Crippen LogP contribution in [0.5, 0.6) is 0 Å². The summed E-state index contributed by atoms with van der Waals surface area (Å²) in [5, 5.41) is 12.7. The summed E-state index contributed by atoms with van der Waals surface area (Å²) in [6.45, 7) is 3.44. The number of phosphoric acid groups is 1. The number of rotatable bonds is 39. The predicted molar refractivity (Wildman–Crippen MR) is 224 cm³/mol. The van der Waals surface area contributed by atoms with Crippen molar-refractivity contribution >= 4 is 19.7 Å². The zero-order valence-electron chi connectivity index (χ0n) is 34.1. The maximum absolute atomic E-state index is 12.1. The highest BCUT2D eigenvalue weighted by Gasteiger charge is 2.23. The van der Waals surface area contributed by atoms with Gasteiger partial charge in [0.05, 0.1) is 13.2 Å². The fraction of sp³-hybridized carbons (Fsp3) is 0.727. The standard InChI is InChI=1S/C44H78NO8P/c1-3-5-7-9-11-13-15-17-19-20-21-22-23-25-27-29-31-33-35-37-44(48)51-40-42(46)41-53-54(49,50)52-39-38-45-43(47)36-34-32-30-28-26-24-18-16-14-12-10-8-6-4-2/h10-13,16-19,21-22,42,46H,3-9,14-15,20,23-41H2,1-2H3,(H,45,47)(H,49,50)/b12-10-,13-11-,18-16-,19-17-,22-21-. The van der Waals surface area contributed by atoms with Gasteiger partial charge in [-0.3, -0.25) is 18.6 Å². The van der Waals surface area contributed by atoms with Crippen LogP contribution in [0, 0.1) is 0 Å². The number of ether oxygens (including phenoxy) is 1. The zero-order valence-corrected chi connectivity index (χ0v) is 35.0. The number of unbranched alkanes of at least 4 members (excludes halogenated alkanes) is 16. The Bertz CT molecular complexity index is 1070. The van der Waals surface area contributed by atoms with Gasteiger partial charge in [-0.05, 0) is 77.0 Å². The van der Waals surface area contributed by atoms with Gasteiger partial charge in [-0.1, -0.05) is 145 Å². The maximum atomic E-state index is 12.1. The van der Waals surface area contributed by atoms with Crippen LogP contribution in [0.25, 0.3) is 0 Å². The lowest BCUT2D eigenvalue weighted by Gasteiger charge is -2.15. The van der Waals surface area contributed by atoms with E-state index in [1.165, 1.54) is 57.8 Å². The zero-order chi connectivity index (χ0) is 39.6. The highest BCUT2D eigenvalue weighted by Crippen LogP contribution is 2.42. The van der Waals surface area contributed by atoms with Crippen molar-refractivity contribution in [2.24, 2.45) is 0 Å². The number of nitrogens with one attached hydrogen (secondary N) is 1. The Hall–Kier alpha value is -2.29. The normalized spacial score (nSPS) is 13.9. The number of hydrogen-bond donors (Lipinski definition) is 3. The number of allylic oxidation sites excluding steroid dienone is 10. The van der Waals surface area contributed by atoms with Gasteiger partial charge in [0.25, 0.3) is 0 Å². The largest absolute Gasteiger partial charge is 0.472 e. The number of carbonyl (C=O) groups excluding carboxylic acids is 2. The molecule has 0 aliphatic heterocycles. The molecule has 0 aliphatic carbocycles. The van der Waals surface area contributed by atoms with Crippen molar-refractivity contribution in [1.82, 2.24) is 5.32 Å². The molecule has 312 valence electrons. The van der Waals surface area contributed by atoms with Gasteiger partial charge in [-0.25, -0.2) is 4.57 Å². The summed E-state index contributed by atoms with van der Waals surface area (Å²) in [6, 6.07) is 0. The number of aliphatic hydroxyl groups is 1. The van der Waals surface area contributed by atoms with E-state index in [1.54, 1.807) is 0 Å². The van der Waals surface area contributed by atoms with E-state index in [1.807, 2.05) is 0 Å². The fourth-order valence-corrected chi connectivity index (χ4v) is 6.16. The third kappa shape index (κ3) is 40.9. The maximum Gasteiger partial charge on any atom is 0.472 e. The Morgan fingerprint density at radius 3 is 1.56 bits per heavy atom. The molecule has 0 aromatic carbocycles. The molecule has 0 aliphatic rings. The van der Waals surface area contributed by atoms with Crippen LogP contribution in [0.15, 0.2) is 60.8 Å². The lowest BCUT2D eigenvalue weighted by molar-refractivity contribution is -0.147. The molecule has 1 amide bonds. The monoisotopic (exact) mass is 780 g/mol. The first-order chi connectivity index (χ1) is 26.3. The van der Waals surface area contributed by atoms with Crippen molar-refractivity contribution in [3.05, 3.63) is 60.8 Å². The van der Waals surface area contributed by atoms with Crippen LogP contribution in [0.1, 0.15) is 174 Å². The lowest BCUT2D eigenvalue weighted by Crippen LogP contribution is -2.27. The van der Waals surface area contributed by atoms with E-state index >= 15 is 0 Å². The van der Waals surface area contributed by atoms with E-state index < -0.39 is 26.5 Å². The van der Waals surface area contributed by atoms with Gasteiger partial charge in [0.2, 0.25) is 5.91 Å². The predicted octanol–water partition coefficient (Wildman–Crippen LogP) is 11.7. The minimum atomic E-state index is -4.42. The van der Waals surface area contributed by atoms with Crippen molar-refractivity contribution < 1.29 is 37.9 Å². The van der Waals surface area contributed by atoms with Gasteiger partial charge < -0.3 is 20.1 Å². The minimum absolute atomic E-state index is 0.0698. The molecule has 0 saturated carbocycles. The number of amides is 1. The van der Waals surface area contributed by atoms with Crippen LogP contribution in [0.4, 0.5) is 0 Å². The summed E-state index contributed by atoms with van der Waals surface area (Å²) in [7, 11) is -4.42. The summed E-state index contributed by atoms with van der Waals surface area (Å²) in [5.41, 5.74) is 0. The molecule has 9 nitrogen and oxygen atoms in total. The van der Waals surface area contributed by atoms with Crippen LogP contribution in [-0.2, 0) is 27.9 Å². The Morgan fingerprint density at radius 1 is 0.574 bits per heavy atom. The number of esters is 1. The average Bonchev–Trinajstić information content (AvgIpc) is 3.16. The van der Waals surface area contributed by atoms with Crippen LogP contribution >= 0.6 is 7.82 Å². The summed E-state index contributed by atoms with van der Waals surface area (Å²) < 4.78 is 26.8. The van der Waals surface area contributed by atoms with E-state index in [9.17, 15) is 24.2 Å². The quantitative estimate of drug-likeness (QED) is 0.0243. The molecule has 0 bridgehead atoms. The summed E-state index contributed by atoms with van der Waals surface area (Å²) in [5.74, 6) is -0.547. The summed E-state index contributed by atoms with van der Waals surface area (Å²) >= 11 is 0. The van der Waals surface area contributed by atoms with E-state index in [0.29, 0.717) is 6.42 Å². The first-order valence-electron chi connectivity index (χ1n) is 21.3. The lowest BCUT2D eigenvalue weighted by atomic mass is 10.1. The average molecular weight is 780 g/mol. The molecule has 2 atom stereocenters. The molecule has 54 heavy (non-hydrogen) atoms. The van der Waals surface area contributed by atoms with Crippen LogP contribution in [0.3, 0.4) is 0 Å². The first kappa shape index (κ1) is 51.7. The molecule has 0 saturated heterocycles. The second kappa shape index (κ2) is 40.4. The molecule has 0 fully saturated rings. The number of aliphatic hydroxyl groups excluding tert-OH is 1. The molecule has 10 heteroatoms. The van der Waals surface area contributed by atoms with Crippen molar-refractivity contribution in [3.8, 4) is 0 Å². The molecule has 0 aromatic heterocycles. The van der Waals surface area contributed by atoms with Crippen LogP contribution in [0.2, 0.25) is 0 Å². The van der Waals surface area contributed by atoms with Gasteiger partial charge in [-0.15, -0.1) is 0 Å². The van der Waals surface area contributed by atoms with E-state index in [4.69, 9.17) is 13.8 Å². The first-order valence-corrected chi connectivity index (χ1v) is 22.8. The third-order valence-electron chi connectivity index (χ3n) is 8.67. The number of phosphoric ester groups is 1. The Kier molecular flexibility index (Phi) is 38.7. The molecule has 3 N–H and O–H groups in total. The summed E-state index contributed by atoms with van der Waals surface area (Å²) in [6.07, 6.45) is 47.1. The van der Waals surface area contributed by atoms with Crippen LogP contribution < -0.4 is 5.32 Å². The van der Waals surface area contributed by atoms with Crippen molar-refractivity contribution in [3.63, 3.8) is 0 Å². The Labute approximate surface area is 329 Å². The molecular formula is C44H78NO8P. The summed E-state index contributed by atoms with van der Waals surface area (Å²) in [4.78, 5) is 33.9. The molecule has 0 heterocycles. The number of hydrogen-bond acceptors (Lipinski definition) is 7. The SMILES string of the molecule is CCCC/C=C\C/C=C\CCCCCCCC(=O)NCCOP(=O)(O)OCC(O)COC(=O)CCCCCCCC/C=C\C/C=C\C/C=C\CCCCC. The number of carbonyl (C=O) groups is 2. The molecule has 0 spiro atoms. The highest BCUT2D eigenvalue weighted by molar-refractivity contribution is 7.47. The van der Waals surface area contributed by atoms with Crippen molar-refractivity contribution in [1.29, 1.82) is 0 Å². The van der Waals surface area contributed by atoms with Crippen molar-refractivity contribution in [2.75, 3.05) is 26.4 Å². The molecule has 0 radical (unpaired) electrons. The van der Waals surface area contributed by atoms with Gasteiger partial charge in [0.15, 0.2) is 0 Å². The smallest absolute Gasteiger partial charge is 0.463 e. The van der Waals surface area contributed by atoms with E-state index in [0.717, 1.165) is 89.9 Å².